The molecule has 0 radical (unpaired) electrons. The normalized spacial score (nSPS) is 13.8. The summed E-state index contributed by atoms with van der Waals surface area (Å²) < 4.78 is 4.94. The van der Waals surface area contributed by atoms with Crippen molar-refractivity contribution in [3.63, 3.8) is 0 Å². The highest BCUT2D eigenvalue weighted by atomic mass is 16.5. The number of rotatable bonds is 4. The molecular formula is C14H16N4O3. The van der Waals surface area contributed by atoms with Crippen LogP contribution in [0.1, 0.15) is 24.5 Å². The minimum absolute atomic E-state index is 0.0360. The predicted octanol–water partition coefficient (Wildman–Crippen LogP) is 2.65. The van der Waals surface area contributed by atoms with Crippen molar-refractivity contribution < 1.29 is 14.6 Å². The number of amides is 2. The molecule has 1 saturated carbocycles. The molecule has 110 valence electrons. The second-order valence-corrected chi connectivity index (χ2v) is 4.95. The maximum Gasteiger partial charge on any atom is 0.324 e. The van der Waals surface area contributed by atoms with E-state index >= 15 is 0 Å². The minimum Gasteiger partial charge on any atom is -0.504 e. The number of ether oxygens (including phenoxy) is 1. The smallest absolute Gasteiger partial charge is 0.324 e. The zero-order valence-electron chi connectivity index (χ0n) is 11.5. The van der Waals surface area contributed by atoms with Crippen LogP contribution in [0.2, 0.25) is 0 Å². The highest BCUT2D eigenvalue weighted by Crippen LogP contribution is 2.39. The van der Waals surface area contributed by atoms with E-state index in [0.717, 1.165) is 5.69 Å². The standard InChI is InChI=1S/C14H16N4O3/c1-21-12-5-4-9(6-11(12)19)15-14(20)16-13-7-10(17-18-13)8-2-3-8/h4-8,19H,2-3H2,1H3,(H3,15,16,17,18,20). The average molecular weight is 288 g/mol. The van der Waals surface area contributed by atoms with E-state index in [1.54, 1.807) is 12.1 Å². The van der Waals surface area contributed by atoms with E-state index in [1.807, 2.05) is 6.07 Å². The van der Waals surface area contributed by atoms with Crippen molar-refractivity contribution in [2.45, 2.75) is 18.8 Å². The summed E-state index contributed by atoms with van der Waals surface area (Å²) in [6, 6.07) is 6.04. The van der Waals surface area contributed by atoms with Crippen LogP contribution in [0.4, 0.5) is 16.3 Å². The third kappa shape index (κ3) is 3.07. The van der Waals surface area contributed by atoms with Crippen LogP contribution in [0.3, 0.4) is 0 Å². The molecule has 1 heterocycles. The Hall–Kier alpha value is -2.70. The van der Waals surface area contributed by atoms with E-state index in [0.29, 0.717) is 23.2 Å². The predicted molar refractivity (Wildman–Crippen MR) is 77.9 cm³/mol. The zero-order chi connectivity index (χ0) is 14.8. The van der Waals surface area contributed by atoms with Gasteiger partial charge < -0.3 is 15.2 Å². The first-order valence-electron chi connectivity index (χ1n) is 6.66. The maximum atomic E-state index is 11.9. The van der Waals surface area contributed by atoms with Gasteiger partial charge in [-0.3, -0.25) is 10.4 Å². The SMILES string of the molecule is COc1ccc(NC(=O)Nc2cc(C3CC3)[nH]n2)cc1O. The third-order valence-electron chi connectivity index (χ3n) is 3.29. The zero-order valence-corrected chi connectivity index (χ0v) is 11.5. The van der Waals surface area contributed by atoms with Crippen molar-refractivity contribution in [2.75, 3.05) is 17.7 Å². The van der Waals surface area contributed by atoms with Crippen LogP contribution < -0.4 is 15.4 Å². The molecule has 0 bridgehead atoms. The van der Waals surface area contributed by atoms with Gasteiger partial charge in [0.15, 0.2) is 17.3 Å². The molecule has 0 aliphatic heterocycles. The molecule has 2 aromatic rings. The number of phenolic OH excluding ortho intramolecular Hbond substituents is 1. The number of hydrogen-bond donors (Lipinski definition) is 4. The van der Waals surface area contributed by atoms with Gasteiger partial charge in [-0.1, -0.05) is 0 Å². The fourth-order valence-corrected chi connectivity index (χ4v) is 2.05. The van der Waals surface area contributed by atoms with Gasteiger partial charge in [0.2, 0.25) is 0 Å². The van der Waals surface area contributed by atoms with Gasteiger partial charge in [0.25, 0.3) is 0 Å². The summed E-state index contributed by atoms with van der Waals surface area (Å²) in [7, 11) is 1.46. The molecule has 0 unspecified atom stereocenters. The largest absolute Gasteiger partial charge is 0.504 e. The van der Waals surface area contributed by atoms with Crippen molar-refractivity contribution in [3.05, 3.63) is 30.0 Å². The average Bonchev–Trinajstić information content (AvgIpc) is 3.20. The van der Waals surface area contributed by atoms with E-state index in [-0.39, 0.29) is 5.75 Å². The van der Waals surface area contributed by atoms with Crippen molar-refractivity contribution >= 4 is 17.5 Å². The number of aromatic amines is 1. The van der Waals surface area contributed by atoms with Crippen molar-refractivity contribution in [1.29, 1.82) is 0 Å². The number of carbonyl (C=O) groups is 1. The number of urea groups is 1. The van der Waals surface area contributed by atoms with Gasteiger partial charge in [-0.25, -0.2) is 4.79 Å². The van der Waals surface area contributed by atoms with Crippen LogP contribution in [-0.2, 0) is 0 Å². The number of carbonyl (C=O) groups excluding carboxylic acids is 1. The summed E-state index contributed by atoms with van der Waals surface area (Å²) in [5.74, 6) is 1.34. The molecule has 2 amide bonds. The lowest BCUT2D eigenvalue weighted by molar-refractivity contribution is 0.262. The molecule has 0 atom stereocenters. The third-order valence-corrected chi connectivity index (χ3v) is 3.29. The molecule has 21 heavy (non-hydrogen) atoms. The molecule has 4 N–H and O–H groups in total. The number of hydrogen-bond acceptors (Lipinski definition) is 4. The molecule has 7 nitrogen and oxygen atoms in total. The highest BCUT2D eigenvalue weighted by Gasteiger charge is 2.25. The number of anilines is 2. The number of methoxy groups -OCH3 is 1. The van der Waals surface area contributed by atoms with Crippen LogP contribution in [0.25, 0.3) is 0 Å². The Balaban J connectivity index is 1.61. The minimum atomic E-state index is -0.423. The van der Waals surface area contributed by atoms with Crippen LogP contribution in [0.5, 0.6) is 11.5 Å². The summed E-state index contributed by atoms with van der Waals surface area (Å²) in [4.78, 5) is 11.9. The molecule has 1 aliphatic carbocycles. The number of H-pyrrole nitrogens is 1. The van der Waals surface area contributed by atoms with Crippen LogP contribution in [-0.4, -0.2) is 28.4 Å². The number of benzene rings is 1. The van der Waals surface area contributed by atoms with E-state index in [2.05, 4.69) is 20.8 Å². The second kappa shape index (κ2) is 5.35. The van der Waals surface area contributed by atoms with Crippen molar-refractivity contribution in [1.82, 2.24) is 10.2 Å². The van der Waals surface area contributed by atoms with Gasteiger partial charge in [-0.2, -0.15) is 5.10 Å². The lowest BCUT2D eigenvalue weighted by Gasteiger charge is -2.08. The molecule has 3 rings (SSSR count). The van der Waals surface area contributed by atoms with E-state index < -0.39 is 6.03 Å². The number of aromatic nitrogens is 2. The number of nitrogens with one attached hydrogen (secondary N) is 3. The monoisotopic (exact) mass is 288 g/mol. The Morgan fingerprint density at radius 2 is 2.19 bits per heavy atom. The number of nitrogens with zero attached hydrogens (tertiary/aromatic N) is 1. The van der Waals surface area contributed by atoms with E-state index in [9.17, 15) is 9.90 Å². The fraction of sp³-hybridized carbons (Fsp3) is 0.286. The Morgan fingerprint density at radius 3 is 2.86 bits per heavy atom. The number of aromatic hydroxyl groups is 1. The lowest BCUT2D eigenvalue weighted by atomic mass is 10.3. The summed E-state index contributed by atoms with van der Waals surface area (Å²) in [6.07, 6.45) is 2.33. The van der Waals surface area contributed by atoms with Gasteiger partial charge >= 0.3 is 6.03 Å². The Kier molecular flexibility index (Phi) is 3.39. The van der Waals surface area contributed by atoms with Gasteiger partial charge in [0.1, 0.15) is 0 Å². The van der Waals surface area contributed by atoms with Gasteiger partial charge in [-0.15, -0.1) is 0 Å². The second-order valence-electron chi connectivity index (χ2n) is 4.95. The van der Waals surface area contributed by atoms with E-state index in [4.69, 9.17) is 4.74 Å². The first-order chi connectivity index (χ1) is 10.2. The molecule has 1 aliphatic rings. The summed E-state index contributed by atoms with van der Waals surface area (Å²) >= 11 is 0. The fourth-order valence-electron chi connectivity index (χ4n) is 2.05. The van der Waals surface area contributed by atoms with Gasteiger partial charge in [0.05, 0.1) is 7.11 Å². The molecule has 1 aromatic carbocycles. The van der Waals surface area contributed by atoms with Crippen molar-refractivity contribution in [3.8, 4) is 11.5 Å². The van der Waals surface area contributed by atoms with Crippen molar-refractivity contribution in [2.24, 2.45) is 0 Å². The van der Waals surface area contributed by atoms with Gasteiger partial charge in [-0.05, 0) is 25.0 Å². The van der Waals surface area contributed by atoms with Crippen LogP contribution in [0.15, 0.2) is 24.3 Å². The Labute approximate surface area is 121 Å². The molecule has 7 heteroatoms. The Bertz CT molecular complexity index is 664. The molecular weight excluding hydrogens is 272 g/mol. The van der Waals surface area contributed by atoms with E-state index in [1.165, 1.54) is 26.0 Å². The lowest BCUT2D eigenvalue weighted by Crippen LogP contribution is -2.19. The molecule has 1 aromatic heterocycles. The summed E-state index contributed by atoms with van der Waals surface area (Å²) in [6.45, 7) is 0. The molecule has 0 saturated heterocycles. The molecule has 1 fully saturated rings. The summed E-state index contributed by atoms with van der Waals surface area (Å²) in [5, 5.41) is 21.9. The van der Waals surface area contributed by atoms with Crippen LogP contribution in [0, 0.1) is 0 Å². The highest BCUT2D eigenvalue weighted by molar-refractivity contribution is 5.99. The summed E-state index contributed by atoms with van der Waals surface area (Å²) in [5.41, 5.74) is 1.51. The van der Waals surface area contributed by atoms with Gasteiger partial charge in [0, 0.05) is 29.4 Å². The van der Waals surface area contributed by atoms with Crippen LogP contribution >= 0.6 is 0 Å². The topological polar surface area (TPSA) is 99.3 Å². The first kappa shape index (κ1) is 13.3. The maximum absolute atomic E-state index is 11.9. The Morgan fingerprint density at radius 1 is 1.38 bits per heavy atom. The quantitative estimate of drug-likeness (QED) is 0.695. The first-order valence-corrected chi connectivity index (χ1v) is 6.66. The number of phenols is 1. The molecule has 0 spiro atoms.